The largest absolute Gasteiger partial charge is 0.349 e. The summed E-state index contributed by atoms with van der Waals surface area (Å²) < 4.78 is 54.2. The van der Waals surface area contributed by atoms with Crippen LogP contribution in [0.15, 0.2) is 41.3 Å². The first-order valence-corrected chi connectivity index (χ1v) is 11.4. The van der Waals surface area contributed by atoms with Gasteiger partial charge in [-0.3, -0.25) is 4.79 Å². The second kappa shape index (κ2) is 8.81. The quantitative estimate of drug-likeness (QED) is 0.774. The van der Waals surface area contributed by atoms with Gasteiger partial charge in [0, 0.05) is 30.6 Å². The fourth-order valence-corrected chi connectivity index (χ4v) is 5.20. The van der Waals surface area contributed by atoms with Crippen LogP contribution in [0.1, 0.15) is 42.5 Å². The smallest absolute Gasteiger partial charge is 0.243 e. The number of nitrogens with zero attached hydrogens (tertiary/aromatic N) is 1. The number of hydrogen-bond donors (Lipinski definition) is 1. The molecule has 3 rings (SSSR count). The first-order valence-electron chi connectivity index (χ1n) is 9.92. The summed E-state index contributed by atoms with van der Waals surface area (Å²) >= 11 is 0. The van der Waals surface area contributed by atoms with Crippen LogP contribution in [0.5, 0.6) is 0 Å². The van der Waals surface area contributed by atoms with Crippen molar-refractivity contribution in [3.63, 3.8) is 0 Å². The van der Waals surface area contributed by atoms with Crippen molar-refractivity contribution in [1.29, 1.82) is 0 Å². The topological polar surface area (TPSA) is 66.5 Å². The van der Waals surface area contributed by atoms with Crippen molar-refractivity contribution in [3.05, 3.63) is 64.7 Å². The summed E-state index contributed by atoms with van der Waals surface area (Å²) in [7, 11) is -3.61. The average Bonchev–Trinajstić information content (AvgIpc) is 2.69. The standard InChI is InChI=1S/C22H26F2N2O3S/c1-14-4-6-19(12-15(14)2)30(28,29)26-10-8-17(9-11-26)22(27)25-16(3)20-7-5-18(23)13-21(20)24/h4-7,12-13,16-17H,8-11H2,1-3H3,(H,25,27). The third kappa shape index (κ3) is 4.70. The molecule has 1 saturated heterocycles. The predicted octanol–water partition coefficient (Wildman–Crippen LogP) is 3.86. The molecule has 0 aliphatic carbocycles. The lowest BCUT2D eigenvalue weighted by Gasteiger charge is -2.31. The van der Waals surface area contributed by atoms with E-state index in [4.69, 9.17) is 0 Å². The summed E-state index contributed by atoms with van der Waals surface area (Å²) in [6.45, 7) is 5.91. The van der Waals surface area contributed by atoms with Gasteiger partial charge in [0.1, 0.15) is 11.6 Å². The van der Waals surface area contributed by atoms with Crippen molar-refractivity contribution in [2.45, 2.75) is 44.6 Å². The molecule has 2 aromatic rings. The number of piperidine rings is 1. The van der Waals surface area contributed by atoms with Crippen LogP contribution in [0.2, 0.25) is 0 Å². The number of sulfonamides is 1. The molecule has 2 aromatic carbocycles. The van der Waals surface area contributed by atoms with E-state index >= 15 is 0 Å². The Labute approximate surface area is 176 Å². The number of rotatable bonds is 5. The van der Waals surface area contributed by atoms with Crippen molar-refractivity contribution in [2.75, 3.05) is 13.1 Å². The van der Waals surface area contributed by atoms with E-state index in [0.717, 1.165) is 23.3 Å². The van der Waals surface area contributed by atoms with Crippen molar-refractivity contribution < 1.29 is 22.0 Å². The molecule has 1 aliphatic rings. The van der Waals surface area contributed by atoms with Crippen molar-refractivity contribution >= 4 is 15.9 Å². The molecule has 1 fully saturated rings. The van der Waals surface area contributed by atoms with Crippen LogP contribution in [-0.2, 0) is 14.8 Å². The molecule has 8 heteroatoms. The van der Waals surface area contributed by atoms with E-state index in [0.29, 0.717) is 12.8 Å². The molecule has 1 atom stereocenters. The van der Waals surface area contributed by atoms with Gasteiger partial charge in [0.05, 0.1) is 10.9 Å². The summed E-state index contributed by atoms with van der Waals surface area (Å²) in [5.74, 6) is -2.00. The molecule has 0 spiro atoms. The van der Waals surface area contributed by atoms with Crippen molar-refractivity contribution in [1.82, 2.24) is 9.62 Å². The van der Waals surface area contributed by atoms with E-state index in [1.165, 1.54) is 10.4 Å². The third-order valence-corrected chi connectivity index (χ3v) is 7.62. The maximum absolute atomic E-state index is 13.9. The molecule has 1 aliphatic heterocycles. The number of amides is 1. The summed E-state index contributed by atoms with van der Waals surface area (Å²) in [5, 5.41) is 2.76. The van der Waals surface area contributed by atoms with Crippen LogP contribution in [0.25, 0.3) is 0 Å². The third-order valence-electron chi connectivity index (χ3n) is 5.73. The highest BCUT2D eigenvalue weighted by molar-refractivity contribution is 7.89. The van der Waals surface area contributed by atoms with Crippen LogP contribution in [0.4, 0.5) is 8.78 Å². The Hall–Kier alpha value is -2.32. The molecule has 1 unspecified atom stereocenters. The Morgan fingerprint density at radius 3 is 2.33 bits per heavy atom. The SMILES string of the molecule is Cc1ccc(S(=O)(=O)N2CCC(C(=O)NC(C)c3ccc(F)cc3F)CC2)cc1C. The van der Waals surface area contributed by atoms with Gasteiger partial charge in [0.15, 0.2) is 0 Å². The number of halogens is 2. The van der Waals surface area contributed by atoms with E-state index in [-0.39, 0.29) is 35.4 Å². The minimum absolute atomic E-state index is 0.208. The van der Waals surface area contributed by atoms with Gasteiger partial charge in [-0.15, -0.1) is 0 Å². The molecule has 1 N–H and O–H groups in total. The van der Waals surface area contributed by atoms with Gasteiger partial charge >= 0.3 is 0 Å². The van der Waals surface area contributed by atoms with E-state index in [1.54, 1.807) is 25.1 Å². The van der Waals surface area contributed by atoms with E-state index in [9.17, 15) is 22.0 Å². The maximum atomic E-state index is 13.9. The zero-order chi connectivity index (χ0) is 22.1. The first kappa shape index (κ1) is 22.4. The molecule has 1 amide bonds. The minimum Gasteiger partial charge on any atom is -0.349 e. The number of hydrogen-bond acceptors (Lipinski definition) is 3. The molecular weight excluding hydrogens is 410 g/mol. The summed E-state index contributed by atoms with van der Waals surface area (Å²) in [6.07, 6.45) is 0.767. The lowest BCUT2D eigenvalue weighted by molar-refractivity contribution is -0.126. The highest BCUT2D eigenvalue weighted by Crippen LogP contribution is 2.26. The minimum atomic E-state index is -3.61. The van der Waals surface area contributed by atoms with Gasteiger partial charge < -0.3 is 5.32 Å². The highest BCUT2D eigenvalue weighted by atomic mass is 32.2. The summed E-state index contributed by atoms with van der Waals surface area (Å²) in [6, 6.07) is 7.70. The van der Waals surface area contributed by atoms with Crippen molar-refractivity contribution in [3.8, 4) is 0 Å². The van der Waals surface area contributed by atoms with Crippen LogP contribution in [0.3, 0.4) is 0 Å². The molecule has 0 radical (unpaired) electrons. The highest BCUT2D eigenvalue weighted by Gasteiger charge is 2.32. The first-order chi connectivity index (χ1) is 14.1. The second-order valence-corrected chi connectivity index (χ2v) is 9.76. The van der Waals surface area contributed by atoms with Gasteiger partial charge in [0.25, 0.3) is 0 Å². The number of carbonyl (C=O) groups is 1. The zero-order valence-electron chi connectivity index (χ0n) is 17.3. The Bertz CT molecular complexity index is 1050. The Kier molecular flexibility index (Phi) is 6.57. The normalized spacial score (nSPS) is 17.0. The lowest BCUT2D eigenvalue weighted by Crippen LogP contribution is -2.43. The van der Waals surface area contributed by atoms with Gasteiger partial charge in [0.2, 0.25) is 15.9 Å². The van der Waals surface area contributed by atoms with Gasteiger partial charge in [-0.05, 0) is 62.9 Å². The maximum Gasteiger partial charge on any atom is 0.243 e. The molecule has 0 saturated carbocycles. The number of benzene rings is 2. The van der Waals surface area contributed by atoms with Crippen LogP contribution in [-0.4, -0.2) is 31.7 Å². The lowest BCUT2D eigenvalue weighted by atomic mass is 9.96. The van der Waals surface area contributed by atoms with E-state index in [2.05, 4.69) is 5.32 Å². The summed E-state index contributed by atoms with van der Waals surface area (Å²) in [5.41, 5.74) is 2.14. The number of nitrogens with one attached hydrogen (secondary N) is 1. The molecule has 0 aromatic heterocycles. The van der Waals surface area contributed by atoms with Crippen LogP contribution >= 0.6 is 0 Å². The zero-order valence-corrected chi connectivity index (χ0v) is 18.1. The molecule has 1 heterocycles. The fourth-order valence-electron chi connectivity index (χ4n) is 3.64. The fraction of sp³-hybridized carbons (Fsp3) is 0.409. The number of carbonyl (C=O) groups excluding carboxylic acids is 1. The molecule has 162 valence electrons. The van der Waals surface area contributed by atoms with E-state index in [1.807, 2.05) is 13.8 Å². The average molecular weight is 437 g/mol. The van der Waals surface area contributed by atoms with Crippen LogP contribution in [0, 0.1) is 31.4 Å². The van der Waals surface area contributed by atoms with Crippen LogP contribution < -0.4 is 5.32 Å². The van der Waals surface area contributed by atoms with Crippen molar-refractivity contribution in [2.24, 2.45) is 5.92 Å². The second-order valence-electron chi connectivity index (χ2n) is 7.82. The van der Waals surface area contributed by atoms with Gasteiger partial charge in [-0.25, -0.2) is 17.2 Å². The Morgan fingerprint density at radius 2 is 1.73 bits per heavy atom. The Balaban J connectivity index is 1.61. The van der Waals surface area contributed by atoms with Gasteiger partial charge in [-0.1, -0.05) is 12.1 Å². The molecule has 0 bridgehead atoms. The molecule has 5 nitrogen and oxygen atoms in total. The number of aryl methyl sites for hydroxylation is 2. The molecule has 30 heavy (non-hydrogen) atoms. The monoisotopic (exact) mass is 436 g/mol. The van der Waals surface area contributed by atoms with Gasteiger partial charge in [-0.2, -0.15) is 4.31 Å². The summed E-state index contributed by atoms with van der Waals surface area (Å²) in [4.78, 5) is 12.9. The van der Waals surface area contributed by atoms with E-state index < -0.39 is 27.7 Å². The Morgan fingerprint density at radius 1 is 1.07 bits per heavy atom. The molecular formula is C22H26F2N2O3S. The predicted molar refractivity (Wildman–Crippen MR) is 110 cm³/mol.